The molecule has 0 saturated carbocycles. The van der Waals surface area contributed by atoms with Gasteiger partial charge in [0.2, 0.25) is 0 Å². The molecular weight excluding hydrogens is 252 g/mol. The number of carbonyl (C=O) groups is 1. The van der Waals surface area contributed by atoms with E-state index in [1.807, 2.05) is 6.26 Å². The highest BCUT2D eigenvalue weighted by molar-refractivity contribution is 7.97. The Morgan fingerprint density at radius 3 is 2.67 bits per heavy atom. The van der Waals surface area contributed by atoms with Crippen molar-refractivity contribution in [2.75, 3.05) is 12.9 Å². The van der Waals surface area contributed by atoms with Gasteiger partial charge in [0.05, 0.1) is 6.61 Å². The van der Waals surface area contributed by atoms with Gasteiger partial charge < -0.3 is 14.9 Å². The second kappa shape index (κ2) is 6.96. The van der Waals surface area contributed by atoms with Crippen LogP contribution in [-0.4, -0.2) is 29.0 Å². The molecule has 0 fully saturated rings. The largest absolute Gasteiger partial charge is 0.504 e. The van der Waals surface area contributed by atoms with E-state index in [4.69, 9.17) is 4.74 Å². The fourth-order valence-electron chi connectivity index (χ4n) is 1.42. The summed E-state index contributed by atoms with van der Waals surface area (Å²) in [6, 6.07) is 2.92. The Hall–Kier alpha value is -1.62. The van der Waals surface area contributed by atoms with Crippen LogP contribution in [0.2, 0.25) is 0 Å². The molecule has 5 heteroatoms. The molecule has 0 amide bonds. The molecule has 4 nitrogen and oxygen atoms in total. The van der Waals surface area contributed by atoms with Gasteiger partial charge in [-0.25, -0.2) is 4.79 Å². The zero-order valence-corrected chi connectivity index (χ0v) is 11.2. The second-order valence-electron chi connectivity index (χ2n) is 3.56. The summed E-state index contributed by atoms with van der Waals surface area (Å²) in [4.78, 5) is 11.2. The molecular formula is C13H16O4S. The third-order valence-electron chi connectivity index (χ3n) is 2.22. The molecule has 0 bridgehead atoms. The van der Waals surface area contributed by atoms with Gasteiger partial charge in [0.15, 0.2) is 11.5 Å². The number of carbonyl (C=O) groups excluding carboxylic acids is 1. The fourth-order valence-corrected chi connectivity index (χ4v) is 1.98. The van der Waals surface area contributed by atoms with Crippen molar-refractivity contribution in [1.29, 1.82) is 0 Å². The Kier molecular flexibility index (Phi) is 5.58. The van der Waals surface area contributed by atoms with Crippen LogP contribution in [0, 0.1) is 0 Å². The maximum atomic E-state index is 11.2. The number of ether oxygens (including phenoxy) is 1. The molecule has 18 heavy (non-hydrogen) atoms. The lowest BCUT2D eigenvalue weighted by molar-refractivity contribution is -0.137. The van der Waals surface area contributed by atoms with E-state index in [1.54, 1.807) is 24.8 Å². The van der Waals surface area contributed by atoms with E-state index >= 15 is 0 Å². The highest BCUT2D eigenvalue weighted by Crippen LogP contribution is 2.30. The van der Waals surface area contributed by atoms with Crippen molar-refractivity contribution in [3.05, 3.63) is 29.3 Å². The average Bonchev–Trinajstić information content (AvgIpc) is 2.32. The number of aromatic hydroxyl groups is 2. The molecule has 0 spiro atoms. The molecule has 0 atom stereocenters. The number of benzene rings is 1. The average molecular weight is 268 g/mol. The topological polar surface area (TPSA) is 66.8 Å². The van der Waals surface area contributed by atoms with E-state index in [-0.39, 0.29) is 11.5 Å². The van der Waals surface area contributed by atoms with Crippen molar-refractivity contribution in [1.82, 2.24) is 0 Å². The van der Waals surface area contributed by atoms with E-state index in [1.165, 1.54) is 18.2 Å². The zero-order chi connectivity index (χ0) is 13.5. The van der Waals surface area contributed by atoms with Crippen molar-refractivity contribution in [3.63, 3.8) is 0 Å². The fraction of sp³-hybridized carbons (Fsp3) is 0.308. The minimum absolute atomic E-state index is 0.160. The van der Waals surface area contributed by atoms with Gasteiger partial charge in [-0.3, -0.25) is 0 Å². The van der Waals surface area contributed by atoms with Gasteiger partial charge >= 0.3 is 5.97 Å². The first-order valence-corrected chi connectivity index (χ1v) is 6.86. The van der Waals surface area contributed by atoms with E-state index < -0.39 is 5.97 Å². The second-order valence-corrected chi connectivity index (χ2v) is 4.42. The minimum Gasteiger partial charge on any atom is -0.504 e. The molecule has 0 aromatic heterocycles. The van der Waals surface area contributed by atoms with E-state index in [9.17, 15) is 15.0 Å². The summed E-state index contributed by atoms with van der Waals surface area (Å²) in [6.07, 6.45) is 4.81. The maximum Gasteiger partial charge on any atom is 0.330 e. The monoisotopic (exact) mass is 268 g/mol. The standard InChI is InChI=1S/C13H16O4S/c1-3-17-13(16)5-4-9-6-11(14)12(15)7-10(9)8-18-2/h4-7,14-15H,3,8H2,1-2H3/b5-4+. The molecule has 0 radical (unpaired) electrons. The van der Waals surface area contributed by atoms with E-state index in [2.05, 4.69) is 0 Å². The molecule has 0 aliphatic heterocycles. The Morgan fingerprint density at radius 2 is 2.06 bits per heavy atom. The molecule has 2 N–H and O–H groups in total. The normalized spacial score (nSPS) is 10.8. The number of phenolic OH excluding ortho intramolecular Hbond substituents is 2. The number of esters is 1. The Bertz CT molecular complexity index is 455. The summed E-state index contributed by atoms with van der Waals surface area (Å²) in [5.74, 6) is -0.119. The third-order valence-corrected chi connectivity index (χ3v) is 2.82. The van der Waals surface area contributed by atoms with Gasteiger partial charge in [-0.1, -0.05) is 0 Å². The molecule has 0 saturated heterocycles. The summed E-state index contributed by atoms with van der Waals surface area (Å²) in [5, 5.41) is 18.9. The number of phenols is 2. The number of hydrogen-bond acceptors (Lipinski definition) is 5. The van der Waals surface area contributed by atoms with Crippen molar-refractivity contribution < 1.29 is 19.7 Å². The molecule has 0 unspecified atom stereocenters. The molecule has 1 aromatic carbocycles. The number of rotatable bonds is 5. The molecule has 0 aliphatic carbocycles. The number of hydrogen-bond donors (Lipinski definition) is 2. The smallest absolute Gasteiger partial charge is 0.330 e. The lowest BCUT2D eigenvalue weighted by Gasteiger charge is -2.07. The van der Waals surface area contributed by atoms with Gasteiger partial charge in [-0.15, -0.1) is 0 Å². The van der Waals surface area contributed by atoms with Gasteiger partial charge in [-0.2, -0.15) is 11.8 Å². The summed E-state index contributed by atoms with van der Waals surface area (Å²) < 4.78 is 4.77. The molecule has 1 rings (SSSR count). The predicted octanol–water partition coefficient (Wildman–Crippen LogP) is 2.54. The highest BCUT2D eigenvalue weighted by atomic mass is 32.2. The van der Waals surface area contributed by atoms with Crippen LogP contribution < -0.4 is 0 Å². The molecule has 1 aromatic rings. The summed E-state index contributed by atoms with van der Waals surface area (Å²) in [6.45, 7) is 2.05. The van der Waals surface area contributed by atoms with Crippen molar-refractivity contribution >= 4 is 23.8 Å². The summed E-state index contributed by atoms with van der Waals surface area (Å²) in [5.41, 5.74) is 1.53. The third kappa shape index (κ3) is 4.00. The van der Waals surface area contributed by atoms with Gasteiger partial charge in [0.25, 0.3) is 0 Å². The molecule has 98 valence electrons. The van der Waals surface area contributed by atoms with Crippen LogP contribution >= 0.6 is 11.8 Å². The Balaban J connectivity index is 2.99. The zero-order valence-electron chi connectivity index (χ0n) is 10.3. The summed E-state index contributed by atoms with van der Waals surface area (Å²) >= 11 is 1.59. The van der Waals surface area contributed by atoms with Gasteiger partial charge in [0, 0.05) is 11.8 Å². The van der Waals surface area contributed by atoms with Gasteiger partial charge in [-0.05, 0) is 42.5 Å². The Labute approximate surface area is 110 Å². The lowest BCUT2D eigenvalue weighted by Crippen LogP contribution is -1.99. The predicted molar refractivity (Wildman–Crippen MR) is 72.7 cm³/mol. The van der Waals surface area contributed by atoms with Crippen LogP contribution in [0.5, 0.6) is 11.5 Å². The first-order valence-electron chi connectivity index (χ1n) is 5.47. The van der Waals surface area contributed by atoms with Crippen molar-refractivity contribution in [2.45, 2.75) is 12.7 Å². The number of thioether (sulfide) groups is 1. The van der Waals surface area contributed by atoms with E-state index in [0.717, 1.165) is 5.56 Å². The van der Waals surface area contributed by atoms with E-state index in [0.29, 0.717) is 17.9 Å². The van der Waals surface area contributed by atoms with Crippen LogP contribution in [0.3, 0.4) is 0 Å². The maximum absolute atomic E-state index is 11.2. The highest BCUT2D eigenvalue weighted by Gasteiger charge is 2.07. The van der Waals surface area contributed by atoms with Crippen molar-refractivity contribution in [3.8, 4) is 11.5 Å². The van der Waals surface area contributed by atoms with Crippen LogP contribution in [0.1, 0.15) is 18.1 Å². The van der Waals surface area contributed by atoms with Gasteiger partial charge in [0.1, 0.15) is 0 Å². The lowest BCUT2D eigenvalue weighted by atomic mass is 10.1. The SMILES string of the molecule is CCOC(=O)/C=C/c1cc(O)c(O)cc1CSC. The molecule has 0 aliphatic rings. The van der Waals surface area contributed by atoms with Crippen LogP contribution in [0.15, 0.2) is 18.2 Å². The van der Waals surface area contributed by atoms with Crippen molar-refractivity contribution in [2.24, 2.45) is 0 Å². The van der Waals surface area contributed by atoms with Crippen LogP contribution in [0.4, 0.5) is 0 Å². The quantitative estimate of drug-likeness (QED) is 0.488. The summed E-state index contributed by atoms with van der Waals surface area (Å²) in [7, 11) is 0. The van der Waals surface area contributed by atoms with Crippen LogP contribution in [-0.2, 0) is 15.3 Å². The Morgan fingerprint density at radius 1 is 1.39 bits per heavy atom. The minimum atomic E-state index is -0.430. The molecule has 0 heterocycles. The first kappa shape index (κ1) is 14.4. The van der Waals surface area contributed by atoms with Crippen LogP contribution in [0.25, 0.3) is 6.08 Å². The first-order chi connectivity index (χ1) is 8.58.